The number of fused-ring (bicyclic) bond motifs is 2. The number of nitrogens with one attached hydrogen (secondary N) is 1. The predicted octanol–water partition coefficient (Wildman–Crippen LogP) is 6.31. The number of furan rings is 1. The second-order valence-electron chi connectivity index (χ2n) is 7.64. The lowest BCUT2D eigenvalue weighted by molar-refractivity contribution is 0.608. The first kappa shape index (κ1) is 18.8. The summed E-state index contributed by atoms with van der Waals surface area (Å²) in [6.45, 7) is 0.789. The molecule has 0 atom stereocenters. The van der Waals surface area contributed by atoms with E-state index in [-0.39, 0.29) is 0 Å². The molecule has 6 aromatic rings. The Bertz CT molecular complexity index is 1550. The monoisotopic (exact) mass is 436 g/mol. The zero-order valence-corrected chi connectivity index (χ0v) is 18.0. The number of hydrogen-bond acceptors (Lipinski definition) is 4. The van der Waals surface area contributed by atoms with Crippen molar-refractivity contribution in [3.05, 3.63) is 101 Å². The maximum atomic E-state index is 6.19. The van der Waals surface area contributed by atoms with Crippen LogP contribution in [0.4, 0.5) is 5.69 Å². The van der Waals surface area contributed by atoms with Crippen LogP contribution in [0.5, 0.6) is 0 Å². The highest BCUT2D eigenvalue weighted by Gasteiger charge is 2.14. The molecule has 5 nitrogen and oxygen atoms in total. The summed E-state index contributed by atoms with van der Waals surface area (Å²) in [5.41, 5.74) is 5.22. The molecule has 6 rings (SSSR count). The number of benzene rings is 2. The summed E-state index contributed by atoms with van der Waals surface area (Å²) in [7, 11) is 0. The maximum absolute atomic E-state index is 6.19. The van der Waals surface area contributed by atoms with E-state index in [0.29, 0.717) is 0 Å². The lowest BCUT2D eigenvalue weighted by Gasteiger charge is -2.07. The quantitative estimate of drug-likeness (QED) is 0.344. The van der Waals surface area contributed by atoms with E-state index in [1.54, 1.807) is 23.7 Å². The largest absolute Gasteiger partial charge is 0.454 e. The number of pyridine rings is 1. The zero-order chi connectivity index (χ0) is 21.3. The first-order chi connectivity index (χ1) is 15.8. The van der Waals surface area contributed by atoms with Crippen molar-refractivity contribution >= 4 is 38.9 Å². The molecular formula is C26H20N4OS. The van der Waals surface area contributed by atoms with Crippen LogP contribution in [0.15, 0.2) is 100 Å². The Labute approximate surface area is 188 Å². The van der Waals surface area contributed by atoms with Gasteiger partial charge in [-0.3, -0.25) is 4.98 Å². The second kappa shape index (κ2) is 7.98. The van der Waals surface area contributed by atoms with Gasteiger partial charge >= 0.3 is 0 Å². The van der Waals surface area contributed by atoms with E-state index < -0.39 is 0 Å². The zero-order valence-electron chi connectivity index (χ0n) is 17.2. The van der Waals surface area contributed by atoms with Crippen molar-refractivity contribution in [1.82, 2.24) is 14.5 Å². The Hall–Kier alpha value is -3.90. The second-order valence-corrected chi connectivity index (χ2v) is 8.47. The molecule has 2 aromatic carbocycles. The van der Waals surface area contributed by atoms with Gasteiger partial charge < -0.3 is 14.0 Å². The van der Waals surface area contributed by atoms with E-state index in [2.05, 4.69) is 62.5 Å². The molecule has 0 amide bonds. The van der Waals surface area contributed by atoms with E-state index >= 15 is 0 Å². The van der Waals surface area contributed by atoms with E-state index in [1.807, 2.05) is 30.3 Å². The summed E-state index contributed by atoms with van der Waals surface area (Å²) in [5.74, 6) is 0.856. The van der Waals surface area contributed by atoms with Gasteiger partial charge in [-0.1, -0.05) is 36.4 Å². The van der Waals surface area contributed by atoms with Gasteiger partial charge in [-0.15, -0.1) is 11.3 Å². The summed E-state index contributed by atoms with van der Waals surface area (Å²) >= 11 is 1.62. The van der Waals surface area contributed by atoms with Crippen molar-refractivity contribution in [3.8, 4) is 11.5 Å². The first-order valence-corrected chi connectivity index (χ1v) is 11.4. The minimum absolute atomic E-state index is 0.789. The number of thiazole rings is 1. The standard InChI is InChI=1S/C26H20N4OS/c1-4-10-24-18(6-1)14-25(31-24)23-17-32-26(29-20-7-5-12-27-16-20)30(23)13-11-19-15-28-22-9-3-2-8-21(19)22/h1-10,12,14-17,28H,11,13H2. The van der Waals surface area contributed by atoms with E-state index in [4.69, 9.17) is 9.41 Å². The number of para-hydroxylation sites is 2. The van der Waals surface area contributed by atoms with Gasteiger partial charge in [0.1, 0.15) is 5.58 Å². The topological polar surface area (TPSA) is 59.1 Å². The Morgan fingerprint density at radius 2 is 1.94 bits per heavy atom. The number of aromatic nitrogens is 3. The van der Waals surface area contributed by atoms with Crippen LogP contribution in [-0.4, -0.2) is 14.5 Å². The fraction of sp³-hybridized carbons (Fsp3) is 0.0769. The minimum Gasteiger partial charge on any atom is -0.454 e. The molecule has 6 heteroatoms. The Kier molecular flexibility index (Phi) is 4.70. The van der Waals surface area contributed by atoms with Gasteiger partial charge in [0.05, 0.1) is 17.6 Å². The highest BCUT2D eigenvalue weighted by atomic mass is 32.1. The van der Waals surface area contributed by atoms with Crippen LogP contribution in [0.1, 0.15) is 5.56 Å². The fourth-order valence-corrected chi connectivity index (χ4v) is 4.98. The summed E-state index contributed by atoms with van der Waals surface area (Å²) in [6.07, 6.45) is 6.54. The van der Waals surface area contributed by atoms with Crippen LogP contribution in [-0.2, 0) is 13.0 Å². The SMILES string of the molecule is c1cncc(N=c2scc(-c3cc4ccccc4o3)n2CCc2c[nH]c3ccccc23)c1. The molecule has 0 bridgehead atoms. The average molecular weight is 437 g/mol. The molecule has 32 heavy (non-hydrogen) atoms. The molecule has 4 aromatic heterocycles. The molecule has 0 aliphatic rings. The van der Waals surface area contributed by atoms with Crippen molar-refractivity contribution in [3.63, 3.8) is 0 Å². The van der Waals surface area contributed by atoms with Crippen molar-refractivity contribution in [2.45, 2.75) is 13.0 Å². The summed E-state index contributed by atoms with van der Waals surface area (Å²) in [5, 5.41) is 4.49. The molecule has 156 valence electrons. The van der Waals surface area contributed by atoms with Gasteiger partial charge in [0.25, 0.3) is 0 Å². The highest BCUT2D eigenvalue weighted by Crippen LogP contribution is 2.29. The molecule has 0 unspecified atom stereocenters. The number of rotatable bonds is 5. The number of hydrogen-bond donors (Lipinski definition) is 1. The number of aromatic amines is 1. The number of aryl methyl sites for hydroxylation is 1. The first-order valence-electron chi connectivity index (χ1n) is 10.5. The molecule has 0 aliphatic heterocycles. The van der Waals surface area contributed by atoms with Gasteiger partial charge in [0.2, 0.25) is 0 Å². The minimum atomic E-state index is 0.789. The van der Waals surface area contributed by atoms with E-state index in [1.165, 1.54) is 10.9 Å². The van der Waals surface area contributed by atoms with Gasteiger partial charge in [-0.25, -0.2) is 4.99 Å². The fourth-order valence-electron chi connectivity index (χ4n) is 4.04. The van der Waals surface area contributed by atoms with Gasteiger partial charge in [-0.2, -0.15) is 0 Å². The van der Waals surface area contributed by atoms with Crippen LogP contribution in [0.3, 0.4) is 0 Å². The Morgan fingerprint density at radius 3 is 2.84 bits per heavy atom. The Morgan fingerprint density at radius 1 is 1.03 bits per heavy atom. The van der Waals surface area contributed by atoms with E-state index in [0.717, 1.165) is 51.4 Å². The molecule has 4 heterocycles. The molecule has 1 N–H and O–H groups in total. The number of H-pyrrole nitrogens is 1. The van der Waals surface area contributed by atoms with Crippen LogP contribution in [0.2, 0.25) is 0 Å². The molecule has 0 fully saturated rings. The van der Waals surface area contributed by atoms with Gasteiger partial charge in [0, 0.05) is 40.6 Å². The Balaban J connectivity index is 1.44. The van der Waals surface area contributed by atoms with Crippen molar-refractivity contribution in [1.29, 1.82) is 0 Å². The molecule has 0 aliphatic carbocycles. The number of nitrogens with zero attached hydrogens (tertiary/aromatic N) is 3. The third-order valence-electron chi connectivity index (χ3n) is 5.63. The van der Waals surface area contributed by atoms with Crippen molar-refractivity contribution in [2.24, 2.45) is 4.99 Å². The maximum Gasteiger partial charge on any atom is 0.190 e. The van der Waals surface area contributed by atoms with Crippen molar-refractivity contribution < 1.29 is 4.42 Å². The third kappa shape index (κ3) is 3.44. The molecule has 0 saturated heterocycles. The predicted molar refractivity (Wildman–Crippen MR) is 129 cm³/mol. The average Bonchev–Trinajstić information content (AvgIpc) is 3.55. The van der Waals surface area contributed by atoms with E-state index in [9.17, 15) is 0 Å². The summed E-state index contributed by atoms with van der Waals surface area (Å²) < 4.78 is 8.44. The molecule has 0 saturated carbocycles. The molecular weight excluding hydrogens is 416 g/mol. The third-order valence-corrected chi connectivity index (χ3v) is 6.49. The van der Waals surface area contributed by atoms with Gasteiger partial charge in [0.15, 0.2) is 10.6 Å². The highest BCUT2D eigenvalue weighted by molar-refractivity contribution is 7.07. The molecule has 0 spiro atoms. The van der Waals surface area contributed by atoms with Gasteiger partial charge in [-0.05, 0) is 42.3 Å². The van der Waals surface area contributed by atoms with Crippen LogP contribution < -0.4 is 4.80 Å². The van der Waals surface area contributed by atoms with Crippen molar-refractivity contribution in [2.75, 3.05) is 0 Å². The van der Waals surface area contributed by atoms with Crippen LogP contribution >= 0.6 is 11.3 Å². The summed E-state index contributed by atoms with van der Waals surface area (Å²) in [6, 6.07) is 22.5. The lowest BCUT2D eigenvalue weighted by Crippen LogP contribution is -2.17. The van der Waals surface area contributed by atoms with Crippen LogP contribution in [0.25, 0.3) is 33.3 Å². The normalized spacial score (nSPS) is 12.2. The van der Waals surface area contributed by atoms with Crippen LogP contribution in [0, 0.1) is 0 Å². The molecule has 0 radical (unpaired) electrons. The summed E-state index contributed by atoms with van der Waals surface area (Å²) in [4.78, 5) is 13.4. The smallest absolute Gasteiger partial charge is 0.190 e. The lowest BCUT2D eigenvalue weighted by atomic mass is 10.1.